The third kappa shape index (κ3) is 4.34. The molecule has 1 aliphatic heterocycles. The maximum absolute atomic E-state index is 13.0. The van der Waals surface area contributed by atoms with Gasteiger partial charge in [0.15, 0.2) is 0 Å². The Morgan fingerprint density at radius 3 is 2.72 bits per heavy atom. The molecular formula is C22H23BrN4O2. The molecule has 0 saturated carbocycles. The molecule has 7 heteroatoms. The molecule has 1 fully saturated rings. The lowest BCUT2D eigenvalue weighted by Gasteiger charge is -2.33. The van der Waals surface area contributed by atoms with Gasteiger partial charge in [-0.3, -0.25) is 0 Å². The summed E-state index contributed by atoms with van der Waals surface area (Å²) in [4.78, 5) is 19.4. The lowest BCUT2D eigenvalue weighted by atomic mass is 10.0. The van der Waals surface area contributed by atoms with Gasteiger partial charge in [-0.25, -0.2) is 4.79 Å². The maximum atomic E-state index is 13.0. The van der Waals surface area contributed by atoms with Crippen molar-refractivity contribution >= 4 is 27.6 Å². The Morgan fingerprint density at radius 1 is 1.17 bits per heavy atom. The average molecular weight is 455 g/mol. The van der Waals surface area contributed by atoms with Crippen LogP contribution in [0.4, 0.5) is 10.5 Å². The minimum Gasteiger partial charge on any atom is -0.337 e. The minimum atomic E-state index is -0.216. The van der Waals surface area contributed by atoms with Crippen LogP contribution in [-0.2, 0) is 0 Å². The molecule has 1 aromatic heterocycles. The van der Waals surface area contributed by atoms with Crippen molar-refractivity contribution < 1.29 is 9.32 Å². The van der Waals surface area contributed by atoms with E-state index in [0.717, 1.165) is 40.5 Å². The van der Waals surface area contributed by atoms with E-state index in [-0.39, 0.29) is 12.1 Å². The zero-order valence-electron chi connectivity index (χ0n) is 16.5. The standard InChI is InChI=1S/C22H23BrN4O2/c1-14-6-11-18(15(2)13-14)24-22(28)27-12-4-3-5-19(27)21-25-20(26-29-21)16-7-9-17(23)10-8-16/h6-11,13,19H,3-5,12H2,1-2H3,(H,24,28). The number of carbonyl (C=O) groups is 1. The maximum Gasteiger partial charge on any atom is 0.322 e. The molecule has 0 bridgehead atoms. The van der Waals surface area contributed by atoms with Crippen molar-refractivity contribution in [3.8, 4) is 11.4 Å². The van der Waals surface area contributed by atoms with Gasteiger partial charge in [0.2, 0.25) is 11.7 Å². The molecular weight excluding hydrogens is 432 g/mol. The predicted octanol–water partition coefficient (Wildman–Crippen LogP) is 5.88. The lowest BCUT2D eigenvalue weighted by Crippen LogP contribution is -2.41. The number of aromatic nitrogens is 2. The van der Waals surface area contributed by atoms with Crippen molar-refractivity contribution in [1.29, 1.82) is 0 Å². The quantitative estimate of drug-likeness (QED) is 0.536. The molecule has 1 unspecified atom stereocenters. The van der Waals surface area contributed by atoms with Gasteiger partial charge in [0.05, 0.1) is 0 Å². The zero-order chi connectivity index (χ0) is 20.4. The molecule has 0 aliphatic carbocycles. The largest absolute Gasteiger partial charge is 0.337 e. The summed E-state index contributed by atoms with van der Waals surface area (Å²) in [6.07, 6.45) is 2.79. The van der Waals surface area contributed by atoms with Gasteiger partial charge in [0, 0.05) is 22.3 Å². The van der Waals surface area contributed by atoms with Crippen LogP contribution >= 0.6 is 15.9 Å². The molecule has 2 heterocycles. The van der Waals surface area contributed by atoms with Crippen LogP contribution in [0.25, 0.3) is 11.4 Å². The van der Waals surface area contributed by atoms with E-state index in [9.17, 15) is 4.79 Å². The molecule has 0 spiro atoms. The van der Waals surface area contributed by atoms with Crippen LogP contribution in [0.15, 0.2) is 51.5 Å². The first kappa shape index (κ1) is 19.6. The van der Waals surface area contributed by atoms with Crippen LogP contribution in [0, 0.1) is 13.8 Å². The fraction of sp³-hybridized carbons (Fsp3) is 0.318. The smallest absolute Gasteiger partial charge is 0.322 e. The second kappa shape index (κ2) is 8.37. The van der Waals surface area contributed by atoms with Crippen LogP contribution < -0.4 is 5.32 Å². The topological polar surface area (TPSA) is 71.3 Å². The van der Waals surface area contributed by atoms with E-state index < -0.39 is 0 Å². The molecule has 2 amide bonds. The summed E-state index contributed by atoms with van der Waals surface area (Å²) in [5, 5.41) is 7.18. The fourth-order valence-electron chi connectivity index (χ4n) is 3.66. The second-order valence-corrected chi connectivity index (χ2v) is 8.33. The second-order valence-electron chi connectivity index (χ2n) is 7.42. The van der Waals surface area contributed by atoms with Crippen molar-refractivity contribution in [2.45, 2.75) is 39.2 Å². The SMILES string of the molecule is Cc1ccc(NC(=O)N2CCCCC2c2nc(-c3ccc(Br)cc3)no2)c(C)c1. The Bertz CT molecular complexity index is 1020. The average Bonchev–Trinajstić information content (AvgIpc) is 3.20. The third-order valence-corrected chi connectivity index (χ3v) is 5.75. The Morgan fingerprint density at radius 2 is 1.97 bits per heavy atom. The van der Waals surface area contributed by atoms with E-state index in [2.05, 4.69) is 37.5 Å². The highest BCUT2D eigenvalue weighted by molar-refractivity contribution is 9.10. The number of benzene rings is 2. The van der Waals surface area contributed by atoms with Gasteiger partial charge in [0.1, 0.15) is 6.04 Å². The van der Waals surface area contributed by atoms with Crippen molar-refractivity contribution in [3.63, 3.8) is 0 Å². The number of carbonyl (C=O) groups excluding carboxylic acids is 1. The molecule has 29 heavy (non-hydrogen) atoms. The van der Waals surface area contributed by atoms with Crippen molar-refractivity contribution in [3.05, 3.63) is 64.0 Å². The molecule has 4 rings (SSSR count). The van der Waals surface area contributed by atoms with Gasteiger partial charge in [-0.2, -0.15) is 4.98 Å². The highest BCUT2D eigenvalue weighted by atomic mass is 79.9. The number of likely N-dealkylation sites (tertiary alicyclic amines) is 1. The van der Waals surface area contributed by atoms with E-state index in [1.807, 2.05) is 55.1 Å². The molecule has 2 aromatic carbocycles. The third-order valence-electron chi connectivity index (χ3n) is 5.22. The van der Waals surface area contributed by atoms with Crippen molar-refractivity contribution in [1.82, 2.24) is 15.0 Å². The molecule has 150 valence electrons. The first-order valence-electron chi connectivity index (χ1n) is 9.75. The van der Waals surface area contributed by atoms with Crippen molar-refractivity contribution in [2.75, 3.05) is 11.9 Å². The number of hydrogen-bond acceptors (Lipinski definition) is 4. The molecule has 1 saturated heterocycles. The van der Waals surface area contributed by atoms with Crippen LogP contribution in [0.5, 0.6) is 0 Å². The summed E-state index contributed by atoms with van der Waals surface area (Å²) in [6, 6.07) is 13.4. The van der Waals surface area contributed by atoms with Gasteiger partial charge in [-0.05, 0) is 69.0 Å². The van der Waals surface area contributed by atoms with E-state index in [0.29, 0.717) is 18.3 Å². The summed E-state index contributed by atoms with van der Waals surface area (Å²) in [7, 11) is 0. The van der Waals surface area contributed by atoms with Gasteiger partial charge < -0.3 is 14.7 Å². The number of amides is 2. The van der Waals surface area contributed by atoms with Gasteiger partial charge in [-0.1, -0.05) is 38.8 Å². The van der Waals surface area contributed by atoms with Crippen LogP contribution in [0.2, 0.25) is 0 Å². The van der Waals surface area contributed by atoms with E-state index >= 15 is 0 Å². The Balaban J connectivity index is 1.54. The zero-order valence-corrected chi connectivity index (χ0v) is 18.1. The van der Waals surface area contributed by atoms with Gasteiger partial charge in [0.25, 0.3) is 0 Å². The monoisotopic (exact) mass is 454 g/mol. The summed E-state index contributed by atoms with van der Waals surface area (Å²) in [5.74, 6) is 1.02. The molecule has 6 nitrogen and oxygen atoms in total. The fourth-order valence-corrected chi connectivity index (χ4v) is 3.92. The van der Waals surface area contributed by atoms with E-state index in [1.54, 1.807) is 0 Å². The summed E-state index contributed by atoms with van der Waals surface area (Å²) in [6.45, 7) is 4.70. The van der Waals surface area contributed by atoms with Crippen LogP contribution in [0.1, 0.15) is 42.3 Å². The molecule has 3 aromatic rings. The number of nitrogens with zero attached hydrogens (tertiary/aromatic N) is 3. The number of urea groups is 1. The lowest BCUT2D eigenvalue weighted by molar-refractivity contribution is 0.142. The number of hydrogen-bond donors (Lipinski definition) is 1. The molecule has 1 N–H and O–H groups in total. The van der Waals surface area contributed by atoms with Crippen LogP contribution in [0.3, 0.4) is 0 Å². The van der Waals surface area contributed by atoms with Crippen molar-refractivity contribution in [2.24, 2.45) is 0 Å². The first-order valence-corrected chi connectivity index (χ1v) is 10.5. The summed E-state index contributed by atoms with van der Waals surface area (Å²) < 4.78 is 6.56. The molecule has 0 radical (unpaired) electrons. The van der Waals surface area contributed by atoms with E-state index in [1.165, 1.54) is 5.56 Å². The number of aryl methyl sites for hydroxylation is 2. The van der Waals surface area contributed by atoms with E-state index in [4.69, 9.17) is 4.52 Å². The van der Waals surface area contributed by atoms with Gasteiger partial charge >= 0.3 is 6.03 Å². The molecule has 1 aliphatic rings. The molecule has 1 atom stereocenters. The number of rotatable bonds is 3. The summed E-state index contributed by atoms with van der Waals surface area (Å²) >= 11 is 3.43. The predicted molar refractivity (Wildman–Crippen MR) is 116 cm³/mol. The first-order chi connectivity index (χ1) is 14.0. The normalized spacial score (nSPS) is 16.7. The number of piperidine rings is 1. The summed E-state index contributed by atoms with van der Waals surface area (Å²) in [5.41, 5.74) is 3.92. The Labute approximate surface area is 178 Å². The van der Waals surface area contributed by atoms with Crippen LogP contribution in [-0.4, -0.2) is 27.6 Å². The number of anilines is 1. The minimum absolute atomic E-state index is 0.134. The Hall–Kier alpha value is -2.67. The van der Waals surface area contributed by atoms with Gasteiger partial charge in [-0.15, -0.1) is 0 Å². The number of halogens is 1. The highest BCUT2D eigenvalue weighted by Crippen LogP contribution is 2.32. The Kier molecular flexibility index (Phi) is 5.67. The number of nitrogens with one attached hydrogen (secondary N) is 1. The highest BCUT2D eigenvalue weighted by Gasteiger charge is 2.32.